The summed E-state index contributed by atoms with van der Waals surface area (Å²) in [4.78, 5) is 32.6. The van der Waals surface area contributed by atoms with Gasteiger partial charge in [0.1, 0.15) is 0 Å². The first-order chi connectivity index (χ1) is 7.99. The minimum atomic E-state index is -0.717. The van der Waals surface area contributed by atoms with Gasteiger partial charge in [-0.15, -0.1) is 0 Å². The molecule has 0 atom stereocenters. The molecule has 0 radical (unpaired) electrons. The van der Waals surface area contributed by atoms with Crippen LogP contribution in [0.1, 0.15) is 10.4 Å². The van der Waals surface area contributed by atoms with Crippen molar-refractivity contribution in [1.29, 1.82) is 0 Å². The Bertz CT molecular complexity index is 494. The Morgan fingerprint density at radius 1 is 1.12 bits per heavy atom. The summed E-state index contributed by atoms with van der Waals surface area (Å²) in [6.45, 7) is 0. The Hall–Kier alpha value is -2.63. The third kappa shape index (κ3) is 4.17. The minimum Gasteiger partial charge on any atom is -0.366 e. The Kier molecular flexibility index (Phi) is 3.99. The summed E-state index contributed by atoms with van der Waals surface area (Å²) in [5, 5.41) is 2.45. The molecule has 0 unspecified atom stereocenters. The van der Waals surface area contributed by atoms with Crippen LogP contribution < -0.4 is 16.8 Å². The molecule has 0 saturated heterocycles. The van der Waals surface area contributed by atoms with E-state index in [-0.39, 0.29) is 5.56 Å². The summed E-state index contributed by atoms with van der Waals surface area (Å²) in [6, 6.07) is 6.12. The molecule has 6 heteroatoms. The van der Waals surface area contributed by atoms with Gasteiger partial charge >= 0.3 is 0 Å². The minimum absolute atomic E-state index is 0.279. The molecule has 0 heterocycles. The fraction of sp³-hybridized carbons (Fsp3) is 0. The van der Waals surface area contributed by atoms with Crippen molar-refractivity contribution in [1.82, 2.24) is 0 Å². The zero-order chi connectivity index (χ0) is 12.8. The van der Waals surface area contributed by atoms with Crippen molar-refractivity contribution >= 4 is 23.4 Å². The van der Waals surface area contributed by atoms with E-state index in [0.717, 1.165) is 12.2 Å². The van der Waals surface area contributed by atoms with Gasteiger partial charge in [0.2, 0.25) is 17.7 Å². The van der Waals surface area contributed by atoms with Gasteiger partial charge in [0.25, 0.3) is 0 Å². The number of rotatable bonds is 4. The zero-order valence-corrected chi connectivity index (χ0v) is 8.84. The lowest BCUT2D eigenvalue weighted by atomic mass is 10.2. The van der Waals surface area contributed by atoms with Gasteiger partial charge < -0.3 is 16.8 Å². The molecule has 0 aromatic heterocycles. The van der Waals surface area contributed by atoms with Crippen LogP contribution >= 0.6 is 0 Å². The van der Waals surface area contributed by atoms with Crippen LogP contribution in [-0.2, 0) is 9.59 Å². The van der Waals surface area contributed by atoms with Gasteiger partial charge in [-0.25, -0.2) is 0 Å². The fourth-order valence-electron chi connectivity index (χ4n) is 1.09. The van der Waals surface area contributed by atoms with Crippen molar-refractivity contribution in [3.05, 3.63) is 42.0 Å². The van der Waals surface area contributed by atoms with E-state index >= 15 is 0 Å². The first-order valence-corrected chi connectivity index (χ1v) is 4.67. The maximum atomic E-state index is 11.3. The predicted molar refractivity (Wildman–Crippen MR) is 61.9 cm³/mol. The lowest BCUT2D eigenvalue weighted by Crippen LogP contribution is -2.13. The van der Waals surface area contributed by atoms with Crippen molar-refractivity contribution in [3.8, 4) is 0 Å². The summed E-state index contributed by atoms with van der Waals surface area (Å²) >= 11 is 0. The van der Waals surface area contributed by atoms with Crippen LogP contribution in [0.3, 0.4) is 0 Å². The number of carbonyl (C=O) groups is 3. The molecule has 0 spiro atoms. The van der Waals surface area contributed by atoms with Crippen LogP contribution in [-0.4, -0.2) is 17.7 Å². The van der Waals surface area contributed by atoms with Crippen LogP contribution in [0.5, 0.6) is 0 Å². The highest BCUT2D eigenvalue weighted by atomic mass is 16.2. The van der Waals surface area contributed by atoms with E-state index < -0.39 is 17.7 Å². The highest BCUT2D eigenvalue weighted by molar-refractivity contribution is 6.03. The maximum Gasteiger partial charge on any atom is 0.248 e. The van der Waals surface area contributed by atoms with Crippen molar-refractivity contribution in [2.75, 3.05) is 5.32 Å². The van der Waals surface area contributed by atoms with Crippen LogP contribution in [0.2, 0.25) is 0 Å². The average molecular weight is 233 g/mol. The third-order valence-corrected chi connectivity index (χ3v) is 1.81. The Morgan fingerprint density at radius 2 is 1.82 bits per heavy atom. The molecule has 1 aromatic carbocycles. The standard InChI is InChI=1S/C11H11N3O3/c12-9(15)4-5-10(16)14-8-3-1-2-7(6-8)11(13)17/h1-6H,(H2,12,15)(H2,13,17)(H,14,16)/b5-4-. The van der Waals surface area contributed by atoms with Crippen molar-refractivity contribution < 1.29 is 14.4 Å². The topological polar surface area (TPSA) is 115 Å². The van der Waals surface area contributed by atoms with Gasteiger partial charge in [-0.05, 0) is 18.2 Å². The molecule has 0 bridgehead atoms. The lowest BCUT2D eigenvalue weighted by Gasteiger charge is -2.03. The number of nitrogens with one attached hydrogen (secondary N) is 1. The van der Waals surface area contributed by atoms with E-state index in [1.165, 1.54) is 12.1 Å². The maximum absolute atomic E-state index is 11.3. The Balaban J connectivity index is 2.75. The number of benzene rings is 1. The first kappa shape index (κ1) is 12.4. The summed E-state index contributed by atoms with van der Waals surface area (Å²) in [6.07, 6.45) is 1.94. The molecule has 6 nitrogen and oxygen atoms in total. The SMILES string of the molecule is NC(=O)/C=C\C(=O)Nc1cccc(C(N)=O)c1. The van der Waals surface area contributed by atoms with E-state index in [2.05, 4.69) is 5.32 Å². The van der Waals surface area contributed by atoms with E-state index in [9.17, 15) is 14.4 Å². The van der Waals surface area contributed by atoms with Gasteiger partial charge in [0.05, 0.1) is 0 Å². The van der Waals surface area contributed by atoms with E-state index in [4.69, 9.17) is 11.5 Å². The Morgan fingerprint density at radius 3 is 2.41 bits per heavy atom. The van der Waals surface area contributed by atoms with Crippen LogP contribution in [0.15, 0.2) is 36.4 Å². The van der Waals surface area contributed by atoms with Crippen molar-refractivity contribution in [2.24, 2.45) is 11.5 Å². The average Bonchev–Trinajstić information content (AvgIpc) is 2.26. The van der Waals surface area contributed by atoms with Crippen LogP contribution in [0.25, 0.3) is 0 Å². The van der Waals surface area contributed by atoms with Gasteiger partial charge in [0, 0.05) is 23.4 Å². The second kappa shape index (κ2) is 5.45. The van der Waals surface area contributed by atoms with E-state index in [0.29, 0.717) is 5.69 Å². The highest BCUT2D eigenvalue weighted by Crippen LogP contribution is 2.09. The van der Waals surface area contributed by atoms with Crippen LogP contribution in [0, 0.1) is 0 Å². The highest BCUT2D eigenvalue weighted by Gasteiger charge is 2.03. The number of nitrogens with two attached hydrogens (primary N) is 2. The molecule has 5 N–H and O–H groups in total. The van der Waals surface area contributed by atoms with Crippen molar-refractivity contribution in [3.63, 3.8) is 0 Å². The molecule has 0 aliphatic heterocycles. The molecule has 17 heavy (non-hydrogen) atoms. The van der Waals surface area contributed by atoms with Gasteiger partial charge in [0.15, 0.2) is 0 Å². The monoisotopic (exact) mass is 233 g/mol. The smallest absolute Gasteiger partial charge is 0.248 e. The molecule has 0 aliphatic carbocycles. The summed E-state index contributed by atoms with van der Waals surface area (Å²) in [5.41, 5.74) is 10.6. The molecule has 0 fully saturated rings. The number of anilines is 1. The molecular weight excluding hydrogens is 222 g/mol. The first-order valence-electron chi connectivity index (χ1n) is 4.67. The Labute approximate surface area is 97.3 Å². The molecular formula is C11H11N3O3. The molecule has 3 amide bonds. The summed E-state index contributed by atoms with van der Waals surface area (Å²) in [5.74, 6) is -1.83. The normalized spacial score (nSPS) is 10.1. The van der Waals surface area contributed by atoms with E-state index in [1.807, 2.05) is 0 Å². The number of primary amides is 2. The van der Waals surface area contributed by atoms with Crippen molar-refractivity contribution in [2.45, 2.75) is 0 Å². The summed E-state index contributed by atoms with van der Waals surface area (Å²) in [7, 11) is 0. The largest absolute Gasteiger partial charge is 0.366 e. The van der Waals surface area contributed by atoms with Gasteiger partial charge in [-0.1, -0.05) is 6.07 Å². The molecule has 1 rings (SSSR count). The molecule has 88 valence electrons. The van der Waals surface area contributed by atoms with Gasteiger partial charge in [-0.2, -0.15) is 0 Å². The molecule has 1 aromatic rings. The molecule has 0 aliphatic rings. The molecule has 0 saturated carbocycles. The number of hydrogen-bond acceptors (Lipinski definition) is 3. The predicted octanol–water partition coefficient (Wildman–Crippen LogP) is -0.235. The number of hydrogen-bond donors (Lipinski definition) is 3. The third-order valence-electron chi connectivity index (χ3n) is 1.81. The lowest BCUT2D eigenvalue weighted by molar-refractivity contribution is -0.115. The number of carbonyl (C=O) groups excluding carboxylic acids is 3. The summed E-state index contributed by atoms with van der Waals surface area (Å²) < 4.78 is 0. The zero-order valence-electron chi connectivity index (χ0n) is 8.84. The second-order valence-corrected chi connectivity index (χ2v) is 3.17. The van der Waals surface area contributed by atoms with E-state index in [1.54, 1.807) is 12.1 Å². The van der Waals surface area contributed by atoms with Crippen LogP contribution in [0.4, 0.5) is 5.69 Å². The fourth-order valence-corrected chi connectivity index (χ4v) is 1.09. The number of amides is 3. The quantitative estimate of drug-likeness (QED) is 0.623. The van der Waals surface area contributed by atoms with Gasteiger partial charge in [-0.3, -0.25) is 14.4 Å². The second-order valence-electron chi connectivity index (χ2n) is 3.17.